The summed E-state index contributed by atoms with van der Waals surface area (Å²) >= 11 is 0. The first kappa shape index (κ1) is 22.1. The molecule has 3 aromatic carbocycles. The number of ether oxygens (including phenoxy) is 3. The maximum Gasteiger partial charge on any atom is 0.254 e. The van der Waals surface area contributed by atoms with Gasteiger partial charge in [-0.05, 0) is 34.5 Å². The lowest BCUT2D eigenvalue weighted by Gasteiger charge is -2.30. The smallest absolute Gasteiger partial charge is 0.254 e. The average molecular weight is 435 g/mol. The van der Waals surface area contributed by atoms with Gasteiger partial charge in [-0.15, -0.1) is 0 Å². The first-order valence-electron chi connectivity index (χ1n) is 11.0. The monoisotopic (exact) mass is 434 g/mol. The van der Waals surface area contributed by atoms with E-state index in [1.165, 1.54) is 0 Å². The van der Waals surface area contributed by atoms with Gasteiger partial charge in [-0.2, -0.15) is 0 Å². The summed E-state index contributed by atoms with van der Waals surface area (Å²) in [6, 6.07) is 19.7. The van der Waals surface area contributed by atoms with Gasteiger partial charge in [0.1, 0.15) is 0 Å². The minimum absolute atomic E-state index is 0.0323. The quantitative estimate of drug-likeness (QED) is 0.539. The average Bonchev–Trinajstić information content (AvgIpc) is 2.86. The van der Waals surface area contributed by atoms with Crippen LogP contribution in [0.2, 0.25) is 0 Å². The number of fused-ring (bicyclic) bond motifs is 1. The summed E-state index contributed by atoms with van der Waals surface area (Å²) in [5, 5.41) is 2.04. The van der Waals surface area contributed by atoms with Crippen LogP contribution in [0.5, 0.6) is 11.5 Å². The van der Waals surface area contributed by atoms with Crippen LogP contribution in [-0.4, -0.2) is 69.3 Å². The molecule has 1 heterocycles. The number of benzene rings is 3. The number of rotatable bonds is 8. The summed E-state index contributed by atoms with van der Waals surface area (Å²) in [5.41, 5.74) is 1.73. The largest absolute Gasteiger partial charge is 0.493 e. The molecule has 0 aliphatic carbocycles. The highest BCUT2D eigenvalue weighted by molar-refractivity contribution is 6.07. The Morgan fingerprint density at radius 2 is 1.72 bits per heavy atom. The molecule has 1 fully saturated rings. The van der Waals surface area contributed by atoms with Gasteiger partial charge in [0, 0.05) is 38.3 Å². The van der Waals surface area contributed by atoms with E-state index in [2.05, 4.69) is 4.90 Å². The van der Waals surface area contributed by atoms with Crippen molar-refractivity contribution in [2.45, 2.75) is 6.54 Å². The lowest BCUT2D eigenvalue weighted by atomic mass is 10.0. The Labute approximate surface area is 189 Å². The molecule has 0 spiro atoms. The normalized spacial score (nSPS) is 14.3. The van der Waals surface area contributed by atoms with E-state index in [0.29, 0.717) is 24.6 Å². The molecule has 3 aromatic rings. The molecule has 0 atom stereocenters. The SMILES string of the molecule is COc1ccc(CN(CCN2CCOCC2)C(=O)c2cccc3ccccc23)cc1OC. The number of methoxy groups -OCH3 is 2. The Bertz CT molecular complexity index is 1060. The molecule has 168 valence electrons. The van der Waals surface area contributed by atoms with Gasteiger partial charge in [0.05, 0.1) is 27.4 Å². The molecular formula is C26H30N2O4. The standard InChI is InChI=1S/C26H30N2O4/c1-30-24-11-10-20(18-25(24)31-2)19-28(13-12-27-14-16-32-17-15-27)26(29)23-9-5-7-21-6-3-4-8-22(21)23/h3-11,18H,12-17,19H2,1-2H3. The number of carbonyl (C=O) groups is 1. The number of carbonyl (C=O) groups excluding carboxylic acids is 1. The van der Waals surface area contributed by atoms with E-state index in [0.717, 1.165) is 54.7 Å². The third kappa shape index (κ3) is 5.03. The fourth-order valence-electron chi connectivity index (χ4n) is 4.12. The molecule has 0 bridgehead atoms. The molecule has 1 amide bonds. The zero-order valence-corrected chi connectivity index (χ0v) is 18.8. The maximum absolute atomic E-state index is 13.7. The molecule has 1 saturated heterocycles. The van der Waals surface area contributed by atoms with Crippen molar-refractivity contribution in [2.75, 3.05) is 53.6 Å². The molecule has 4 rings (SSSR count). The summed E-state index contributed by atoms with van der Waals surface area (Å²) in [7, 11) is 3.25. The topological polar surface area (TPSA) is 51.2 Å². The van der Waals surface area contributed by atoms with Gasteiger partial charge in [0.25, 0.3) is 5.91 Å². The zero-order chi connectivity index (χ0) is 22.3. The number of morpholine rings is 1. The number of amides is 1. The number of hydrogen-bond acceptors (Lipinski definition) is 5. The summed E-state index contributed by atoms with van der Waals surface area (Å²) < 4.78 is 16.3. The molecular weight excluding hydrogens is 404 g/mol. The van der Waals surface area contributed by atoms with Gasteiger partial charge >= 0.3 is 0 Å². The van der Waals surface area contributed by atoms with Crippen LogP contribution in [0.25, 0.3) is 10.8 Å². The number of nitrogens with zero attached hydrogens (tertiary/aromatic N) is 2. The summed E-state index contributed by atoms with van der Waals surface area (Å²) in [5.74, 6) is 1.37. The summed E-state index contributed by atoms with van der Waals surface area (Å²) in [4.78, 5) is 18.0. The van der Waals surface area contributed by atoms with Gasteiger partial charge in [-0.1, -0.05) is 42.5 Å². The first-order valence-corrected chi connectivity index (χ1v) is 11.0. The van der Waals surface area contributed by atoms with E-state index in [1.54, 1.807) is 14.2 Å². The van der Waals surface area contributed by atoms with Crippen molar-refractivity contribution in [2.24, 2.45) is 0 Å². The molecule has 0 aromatic heterocycles. The summed E-state index contributed by atoms with van der Waals surface area (Å²) in [6.45, 7) is 5.22. The van der Waals surface area contributed by atoms with Crippen molar-refractivity contribution < 1.29 is 19.0 Å². The molecule has 1 aliphatic heterocycles. The van der Waals surface area contributed by atoms with E-state index < -0.39 is 0 Å². The summed E-state index contributed by atoms with van der Waals surface area (Å²) in [6.07, 6.45) is 0. The van der Waals surface area contributed by atoms with Gasteiger partial charge in [0.15, 0.2) is 11.5 Å². The first-order chi connectivity index (χ1) is 15.7. The van der Waals surface area contributed by atoms with Gasteiger partial charge in [-0.3, -0.25) is 9.69 Å². The minimum atomic E-state index is 0.0323. The van der Waals surface area contributed by atoms with Crippen LogP contribution in [0.4, 0.5) is 0 Å². The third-order valence-corrected chi connectivity index (χ3v) is 5.92. The van der Waals surface area contributed by atoms with E-state index >= 15 is 0 Å². The Kier molecular flexibility index (Phi) is 7.24. The third-order valence-electron chi connectivity index (χ3n) is 5.92. The molecule has 6 nitrogen and oxygen atoms in total. The van der Waals surface area contributed by atoms with Crippen LogP contribution in [0.1, 0.15) is 15.9 Å². The van der Waals surface area contributed by atoms with E-state index in [1.807, 2.05) is 65.6 Å². The second-order valence-electron chi connectivity index (χ2n) is 7.90. The van der Waals surface area contributed by atoms with E-state index in [-0.39, 0.29) is 5.91 Å². The van der Waals surface area contributed by atoms with Crippen LogP contribution in [0, 0.1) is 0 Å². The van der Waals surface area contributed by atoms with Crippen LogP contribution < -0.4 is 9.47 Å². The lowest BCUT2D eigenvalue weighted by Crippen LogP contribution is -2.43. The number of hydrogen-bond donors (Lipinski definition) is 0. The molecule has 0 unspecified atom stereocenters. The molecule has 6 heteroatoms. The van der Waals surface area contributed by atoms with Gasteiger partial charge in [-0.25, -0.2) is 0 Å². The van der Waals surface area contributed by atoms with Gasteiger partial charge < -0.3 is 19.1 Å². The van der Waals surface area contributed by atoms with Crippen LogP contribution >= 0.6 is 0 Å². The lowest BCUT2D eigenvalue weighted by molar-refractivity contribution is 0.0320. The Morgan fingerprint density at radius 1 is 0.969 bits per heavy atom. The zero-order valence-electron chi connectivity index (χ0n) is 18.8. The van der Waals surface area contributed by atoms with Crippen molar-refractivity contribution in [3.63, 3.8) is 0 Å². The highest BCUT2D eigenvalue weighted by atomic mass is 16.5. The Balaban J connectivity index is 1.61. The van der Waals surface area contributed by atoms with Crippen molar-refractivity contribution in [1.82, 2.24) is 9.80 Å². The predicted molar refractivity (Wildman–Crippen MR) is 125 cm³/mol. The Hall–Kier alpha value is -3.09. The van der Waals surface area contributed by atoms with Crippen molar-refractivity contribution in [3.8, 4) is 11.5 Å². The second-order valence-corrected chi connectivity index (χ2v) is 7.90. The minimum Gasteiger partial charge on any atom is -0.493 e. The van der Waals surface area contributed by atoms with Crippen molar-refractivity contribution in [1.29, 1.82) is 0 Å². The molecule has 0 radical (unpaired) electrons. The van der Waals surface area contributed by atoms with E-state index in [4.69, 9.17) is 14.2 Å². The maximum atomic E-state index is 13.7. The molecule has 0 saturated carbocycles. The highest BCUT2D eigenvalue weighted by Crippen LogP contribution is 2.28. The van der Waals surface area contributed by atoms with Crippen molar-refractivity contribution in [3.05, 3.63) is 71.8 Å². The van der Waals surface area contributed by atoms with Crippen LogP contribution in [-0.2, 0) is 11.3 Å². The fourth-order valence-corrected chi connectivity index (χ4v) is 4.12. The Morgan fingerprint density at radius 3 is 2.50 bits per heavy atom. The van der Waals surface area contributed by atoms with Crippen LogP contribution in [0.3, 0.4) is 0 Å². The van der Waals surface area contributed by atoms with Crippen LogP contribution in [0.15, 0.2) is 60.7 Å². The van der Waals surface area contributed by atoms with Crippen molar-refractivity contribution >= 4 is 16.7 Å². The fraction of sp³-hybridized carbons (Fsp3) is 0.346. The second kappa shape index (κ2) is 10.5. The molecule has 1 aliphatic rings. The van der Waals surface area contributed by atoms with Gasteiger partial charge in [0.2, 0.25) is 0 Å². The predicted octanol–water partition coefficient (Wildman–Crippen LogP) is 3.83. The highest BCUT2D eigenvalue weighted by Gasteiger charge is 2.21. The van der Waals surface area contributed by atoms with E-state index in [9.17, 15) is 4.79 Å². The molecule has 0 N–H and O–H groups in total. The molecule has 32 heavy (non-hydrogen) atoms.